The number of rotatable bonds is 5. The number of hydrogen-bond donors (Lipinski definition) is 0. The molecule has 0 fully saturated rings. The van der Waals surface area contributed by atoms with E-state index < -0.39 is 4.92 Å². The third kappa shape index (κ3) is 3.49. The molecule has 21 heavy (non-hydrogen) atoms. The van der Waals surface area contributed by atoms with E-state index in [1.54, 1.807) is 12.1 Å². The van der Waals surface area contributed by atoms with Crippen molar-refractivity contribution in [3.8, 4) is 11.5 Å². The second-order valence-electron chi connectivity index (χ2n) is 4.09. The molecule has 0 aliphatic rings. The third-order valence-corrected chi connectivity index (χ3v) is 3.66. The summed E-state index contributed by atoms with van der Waals surface area (Å²) in [5.74, 6) is 0.211. The summed E-state index contributed by atoms with van der Waals surface area (Å²) in [7, 11) is 1.39. The summed E-state index contributed by atoms with van der Waals surface area (Å²) in [6.07, 6.45) is 0. The lowest BCUT2D eigenvalue weighted by molar-refractivity contribution is -0.385. The van der Waals surface area contributed by atoms with Gasteiger partial charge in [0.2, 0.25) is 0 Å². The van der Waals surface area contributed by atoms with Crippen molar-refractivity contribution in [2.75, 3.05) is 7.11 Å². The fourth-order valence-corrected chi connectivity index (χ4v) is 2.08. The van der Waals surface area contributed by atoms with Gasteiger partial charge >= 0.3 is 0 Å². The van der Waals surface area contributed by atoms with Crippen molar-refractivity contribution in [1.82, 2.24) is 0 Å². The Morgan fingerprint density at radius 3 is 2.71 bits per heavy atom. The first-order valence-electron chi connectivity index (χ1n) is 5.91. The lowest BCUT2D eigenvalue weighted by atomic mass is 10.2. The van der Waals surface area contributed by atoms with Gasteiger partial charge in [0, 0.05) is 11.6 Å². The van der Waals surface area contributed by atoms with Crippen LogP contribution >= 0.6 is 15.9 Å². The highest BCUT2D eigenvalue weighted by Gasteiger charge is 2.13. The first-order valence-corrected chi connectivity index (χ1v) is 6.70. The van der Waals surface area contributed by atoms with Crippen molar-refractivity contribution >= 4 is 21.6 Å². The molecule has 0 amide bonds. The lowest BCUT2D eigenvalue weighted by Gasteiger charge is -2.11. The zero-order chi connectivity index (χ0) is 15.4. The summed E-state index contributed by atoms with van der Waals surface area (Å²) in [4.78, 5) is 10.2. The van der Waals surface area contributed by atoms with Crippen LogP contribution in [0.25, 0.3) is 0 Å². The van der Waals surface area contributed by atoms with E-state index in [1.165, 1.54) is 31.4 Å². The molecule has 0 spiro atoms. The molecule has 0 radical (unpaired) electrons. The second kappa shape index (κ2) is 6.53. The van der Waals surface area contributed by atoms with Gasteiger partial charge in [-0.2, -0.15) is 0 Å². The van der Waals surface area contributed by atoms with Crippen LogP contribution in [0.4, 0.5) is 10.1 Å². The Morgan fingerprint density at radius 1 is 1.29 bits per heavy atom. The molecule has 7 heteroatoms. The lowest BCUT2D eigenvalue weighted by Crippen LogP contribution is -2.00. The van der Waals surface area contributed by atoms with Crippen LogP contribution < -0.4 is 9.47 Å². The number of benzene rings is 2. The van der Waals surface area contributed by atoms with Crippen LogP contribution in [0, 0.1) is 15.9 Å². The monoisotopic (exact) mass is 355 g/mol. The highest BCUT2D eigenvalue weighted by Crippen LogP contribution is 2.32. The molecule has 2 aromatic rings. The Balaban J connectivity index is 2.20. The van der Waals surface area contributed by atoms with Crippen LogP contribution in [0.2, 0.25) is 0 Å². The minimum absolute atomic E-state index is 0.0915. The van der Waals surface area contributed by atoms with Gasteiger partial charge in [0.1, 0.15) is 12.4 Å². The first kappa shape index (κ1) is 15.2. The Labute approximate surface area is 128 Å². The number of halogens is 2. The molecule has 0 N–H and O–H groups in total. The molecular formula is C14H11BrFNO4. The number of methoxy groups -OCH3 is 1. The first-order chi connectivity index (χ1) is 10.0. The predicted molar refractivity (Wildman–Crippen MR) is 78.1 cm³/mol. The van der Waals surface area contributed by atoms with E-state index in [0.29, 0.717) is 15.8 Å². The molecule has 0 aliphatic carbocycles. The van der Waals surface area contributed by atoms with Gasteiger partial charge in [-0.3, -0.25) is 10.1 Å². The maximum absolute atomic E-state index is 13.4. The number of hydrogen-bond acceptors (Lipinski definition) is 4. The molecule has 0 unspecified atom stereocenters. The van der Waals surface area contributed by atoms with E-state index in [9.17, 15) is 14.5 Å². The number of nitro groups is 1. The van der Waals surface area contributed by atoms with Gasteiger partial charge in [-0.05, 0) is 28.1 Å². The number of nitro benzene ring substituents is 1. The molecule has 0 saturated carbocycles. The smallest absolute Gasteiger partial charge is 0.273 e. The molecule has 0 atom stereocenters. The normalized spacial score (nSPS) is 10.2. The Hall–Kier alpha value is -2.15. The molecule has 0 aliphatic heterocycles. The number of nitrogens with zero attached hydrogens (tertiary/aromatic N) is 1. The van der Waals surface area contributed by atoms with Crippen molar-refractivity contribution < 1.29 is 18.8 Å². The molecular weight excluding hydrogens is 345 g/mol. The molecule has 0 bridgehead atoms. The van der Waals surface area contributed by atoms with E-state index in [2.05, 4.69) is 15.9 Å². The van der Waals surface area contributed by atoms with E-state index in [1.807, 2.05) is 0 Å². The molecule has 2 rings (SSSR count). The summed E-state index contributed by atoms with van der Waals surface area (Å²) in [6, 6.07) is 8.66. The van der Waals surface area contributed by atoms with Gasteiger partial charge in [-0.15, -0.1) is 0 Å². The zero-order valence-corrected chi connectivity index (χ0v) is 12.6. The number of non-ortho nitro benzene ring substituents is 1. The highest BCUT2D eigenvalue weighted by molar-refractivity contribution is 9.10. The largest absolute Gasteiger partial charge is 0.493 e. The van der Waals surface area contributed by atoms with Crippen molar-refractivity contribution in [2.45, 2.75) is 6.61 Å². The van der Waals surface area contributed by atoms with E-state index in [-0.39, 0.29) is 23.9 Å². The van der Waals surface area contributed by atoms with Crippen LogP contribution in [0.1, 0.15) is 5.56 Å². The Morgan fingerprint density at radius 2 is 2.05 bits per heavy atom. The summed E-state index contributed by atoms with van der Waals surface area (Å²) in [6.45, 7) is 0.104. The summed E-state index contributed by atoms with van der Waals surface area (Å²) in [5.41, 5.74) is 0.529. The average molecular weight is 356 g/mol. The van der Waals surface area contributed by atoms with Crippen LogP contribution in [0.15, 0.2) is 40.9 Å². The summed E-state index contributed by atoms with van der Waals surface area (Å²) >= 11 is 3.14. The molecule has 0 saturated heterocycles. The predicted octanol–water partition coefficient (Wildman–Crippen LogP) is 4.08. The van der Waals surface area contributed by atoms with Crippen molar-refractivity contribution in [1.29, 1.82) is 0 Å². The van der Waals surface area contributed by atoms with Crippen molar-refractivity contribution in [2.24, 2.45) is 0 Å². The minimum atomic E-state index is -0.518. The second-order valence-corrected chi connectivity index (χ2v) is 4.89. The SMILES string of the molecule is COc1cc([N+](=O)[O-])ccc1OCc1cccc(F)c1Br. The van der Waals surface area contributed by atoms with Crippen molar-refractivity contribution in [3.05, 3.63) is 62.4 Å². The van der Waals surface area contributed by atoms with E-state index in [4.69, 9.17) is 9.47 Å². The molecule has 110 valence electrons. The van der Waals surface area contributed by atoms with Crippen LogP contribution in [-0.4, -0.2) is 12.0 Å². The van der Waals surface area contributed by atoms with Crippen molar-refractivity contribution in [3.63, 3.8) is 0 Å². The fourth-order valence-electron chi connectivity index (χ4n) is 1.70. The highest BCUT2D eigenvalue weighted by atomic mass is 79.9. The topological polar surface area (TPSA) is 61.6 Å². The van der Waals surface area contributed by atoms with Crippen LogP contribution in [0.5, 0.6) is 11.5 Å². The maximum Gasteiger partial charge on any atom is 0.273 e. The zero-order valence-electron chi connectivity index (χ0n) is 11.0. The Bertz CT molecular complexity index is 678. The van der Waals surface area contributed by atoms with Gasteiger partial charge < -0.3 is 9.47 Å². The van der Waals surface area contributed by atoms with E-state index >= 15 is 0 Å². The van der Waals surface area contributed by atoms with Gasteiger partial charge in [-0.1, -0.05) is 12.1 Å². The van der Waals surface area contributed by atoms with E-state index in [0.717, 1.165) is 0 Å². The molecule has 2 aromatic carbocycles. The molecule has 0 heterocycles. The molecule has 0 aromatic heterocycles. The third-order valence-electron chi connectivity index (χ3n) is 2.77. The standard InChI is InChI=1S/C14H11BrFNO4/c1-20-13-7-10(17(18)19)5-6-12(13)21-8-9-3-2-4-11(16)14(9)15/h2-7H,8H2,1H3. The molecule has 5 nitrogen and oxygen atoms in total. The quantitative estimate of drug-likeness (QED) is 0.598. The van der Waals surface area contributed by atoms with Crippen LogP contribution in [-0.2, 0) is 6.61 Å². The fraction of sp³-hybridized carbons (Fsp3) is 0.143. The summed E-state index contributed by atoms with van der Waals surface area (Å²) in [5, 5.41) is 10.7. The van der Waals surface area contributed by atoms with Gasteiger partial charge in [-0.25, -0.2) is 4.39 Å². The van der Waals surface area contributed by atoms with Crippen LogP contribution in [0.3, 0.4) is 0 Å². The number of ether oxygens (including phenoxy) is 2. The maximum atomic E-state index is 13.4. The van der Waals surface area contributed by atoms with Gasteiger partial charge in [0.15, 0.2) is 11.5 Å². The van der Waals surface area contributed by atoms with Gasteiger partial charge in [0.05, 0.1) is 22.6 Å². The minimum Gasteiger partial charge on any atom is -0.493 e. The summed E-state index contributed by atoms with van der Waals surface area (Å²) < 4.78 is 24.3. The van der Waals surface area contributed by atoms with Gasteiger partial charge in [0.25, 0.3) is 5.69 Å². The Kier molecular flexibility index (Phi) is 4.74. The average Bonchev–Trinajstić information content (AvgIpc) is 2.48.